The normalized spacial score (nSPS) is 17.9. The average molecular weight is 341 g/mol. The number of rotatable bonds is 5. The molecule has 1 aromatic carbocycles. The molecule has 6 heteroatoms. The summed E-state index contributed by atoms with van der Waals surface area (Å²) in [5.74, 6) is -0.552. The van der Waals surface area contributed by atoms with Crippen molar-refractivity contribution in [2.75, 3.05) is 13.1 Å². The van der Waals surface area contributed by atoms with Crippen LogP contribution in [0.2, 0.25) is 0 Å². The highest BCUT2D eigenvalue weighted by Crippen LogP contribution is 2.22. The smallest absolute Gasteiger partial charge is 0.303 e. The van der Waals surface area contributed by atoms with Crippen molar-refractivity contribution in [3.63, 3.8) is 0 Å². The van der Waals surface area contributed by atoms with E-state index in [1.54, 1.807) is 12.5 Å². The summed E-state index contributed by atoms with van der Waals surface area (Å²) < 4.78 is 1.96. The Morgan fingerprint density at radius 1 is 1.24 bits per heavy atom. The van der Waals surface area contributed by atoms with Crippen LogP contribution >= 0.6 is 0 Å². The van der Waals surface area contributed by atoms with Crippen LogP contribution in [0.15, 0.2) is 43.0 Å². The molecular weight excluding hydrogens is 318 g/mol. The van der Waals surface area contributed by atoms with E-state index in [0.717, 1.165) is 24.8 Å². The number of carboxylic acid groups (broad SMARTS) is 1. The first-order valence-corrected chi connectivity index (χ1v) is 8.67. The van der Waals surface area contributed by atoms with E-state index in [2.05, 4.69) is 4.98 Å². The van der Waals surface area contributed by atoms with Crippen LogP contribution in [0.3, 0.4) is 0 Å². The van der Waals surface area contributed by atoms with Crippen molar-refractivity contribution in [2.24, 2.45) is 5.92 Å². The number of imidazole rings is 1. The van der Waals surface area contributed by atoms with Gasteiger partial charge in [0.25, 0.3) is 5.91 Å². The van der Waals surface area contributed by atoms with E-state index in [-0.39, 0.29) is 18.2 Å². The minimum atomic E-state index is -0.753. The Morgan fingerprint density at radius 2 is 2.12 bits per heavy atom. The van der Waals surface area contributed by atoms with Crippen LogP contribution in [0.1, 0.15) is 41.6 Å². The lowest BCUT2D eigenvalue weighted by atomic mass is 9.97. The second-order valence-corrected chi connectivity index (χ2v) is 6.62. The number of aliphatic carboxylic acids is 1. The van der Waals surface area contributed by atoms with Crippen LogP contribution in [0.4, 0.5) is 0 Å². The third-order valence-electron chi connectivity index (χ3n) is 4.70. The second-order valence-electron chi connectivity index (χ2n) is 6.62. The van der Waals surface area contributed by atoms with Crippen molar-refractivity contribution < 1.29 is 14.7 Å². The Labute approximate surface area is 147 Å². The van der Waals surface area contributed by atoms with Gasteiger partial charge in [0.1, 0.15) is 0 Å². The molecule has 2 aromatic rings. The van der Waals surface area contributed by atoms with E-state index in [1.165, 1.54) is 0 Å². The fourth-order valence-corrected chi connectivity index (χ4v) is 3.40. The molecule has 1 saturated heterocycles. The predicted octanol–water partition coefficient (Wildman–Crippen LogP) is 2.65. The third-order valence-corrected chi connectivity index (χ3v) is 4.70. The lowest BCUT2D eigenvalue weighted by Crippen LogP contribution is -2.32. The van der Waals surface area contributed by atoms with Gasteiger partial charge in [-0.15, -0.1) is 0 Å². The summed E-state index contributed by atoms with van der Waals surface area (Å²) in [6, 6.07) is 7.69. The summed E-state index contributed by atoms with van der Waals surface area (Å²) in [6.45, 7) is 2.00. The van der Waals surface area contributed by atoms with Gasteiger partial charge in [0.15, 0.2) is 0 Å². The molecule has 132 valence electrons. The highest BCUT2D eigenvalue weighted by Gasteiger charge is 2.23. The molecular formula is C19H23N3O3. The zero-order valence-corrected chi connectivity index (χ0v) is 14.2. The van der Waals surface area contributed by atoms with E-state index in [9.17, 15) is 9.59 Å². The monoisotopic (exact) mass is 341 g/mol. The molecule has 0 unspecified atom stereocenters. The Hall–Kier alpha value is -2.63. The van der Waals surface area contributed by atoms with Gasteiger partial charge in [-0.1, -0.05) is 12.1 Å². The van der Waals surface area contributed by atoms with Crippen molar-refractivity contribution in [3.05, 3.63) is 54.1 Å². The molecule has 6 nitrogen and oxygen atoms in total. The lowest BCUT2D eigenvalue weighted by molar-refractivity contribution is -0.138. The predicted molar refractivity (Wildman–Crippen MR) is 93.3 cm³/mol. The molecule has 1 fully saturated rings. The molecule has 0 saturated carbocycles. The van der Waals surface area contributed by atoms with Crippen LogP contribution in [0.5, 0.6) is 0 Å². The zero-order chi connectivity index (χ0) is 17.6. The number of benzene rings is 1. The molecule has 1 amide bonds. The fourth-order valence-electron chi connectivity index (χ4n) is 3.40. The first-order valence-electron chi connectivity index (χ1n) is 8.67. The average Bonchev–Trinajstić information content (AvgIpc) is 2.99. The van der Waals surface area contributed by atoms with E-state index in [1.807, 2.05) is 39.9 Å². The van der Waals surface area contributed by atoms with Gasteiger partial charge in [0.2, 0.25) is 0 Å². The number of amides is 1. The highest BCUT2D eigenvalue weighted by molar-refractivity contribution is 5.94. The SMILES string of the molecule is O=C(O)C[C@@H]1CCCN(C(=O)c2cccc(Cn3ccnc3)c2)CC1. The summed E-state index contributed by atoms with van der Waals surface area (Å²) in [5, 5.41) is 8.96. The van der Waals surface area contributed by atoms with Crippen LogP contribution in [0.25, 0.3) is 0 Å². The van der Waals surface area contributed by atoms with Gasteiger partial charge in [0, 0.05) is 44.0 Å². The number of likely N-dealkylation sites (tertiary alicyclic amines) is 1. The fraction of sp³-hybridized carbons (Fsp3) is 0.421. The maximum atomic E-state index is 12.8. The van der Waals surface area contributed by atoms with Gasteiger partial charge in [-0.2, -0.15) is 0 Å². The molecule has 1 aliphatic rings. The van der Waals surface area contributed by atoms with Crippen molar-refractivity contribution in [1.82, 2.24) is 14.5 Å². The maximum Gasteiger partial charge on any atom is 0.303 e. The van der Waals surface area contributed by atoms with E-state index >= 15 is 0 Å². The van der Waals surface area contributed by atoms with Crippen LogP contribution in [0, 0.1) is 5.92 Å². The van der Waals surface area contributed by atoms with E-state index in [0.29, 0.717) is 25.2 Å². The number of hydrogen-bond acceptors (Lipinski definition) is 3. The molecule has 1 aromatic heterocycles. The molecule has 0 bridgehead atoms. The Balaban J connectivity index is 1.65. The third kappa shape index (κ3) is 4.68. The minimum Gasteiger partial charge on any atom is -0.481 e. The van der Waals surface area contributed by atoms with Crippen molar-refractivity contribution in [2.45, 2.75) is 32.2 Å². The first kappa shape index (κ1) is 17.2. The minimum absolute atomic E-state index is 0.0310. The van der Waals surface area contributed by atoms with Gasteiger partial charge in [-0.25, -0.2) is 4.98 Å². The summed E-state index contributed by atoms with van der Waals surface area (Å²) >= 11 is 0. The lowest BCUT2D eigenvalue weighted by Gasteiger charge is -2.21. The summed E-state index contributed by atoms with van der Waals surface area (Å²) in [7, 11) is 0. The number of carbonyl (C=O) groups excluding carboxylic acids is 1. The van der Waals surface area contributed by atoms with E-state index < -0.39 is 5.97 Å². The standard InChI is InChI=1S/C19H23N3O3/c23-18(24)12-15-4-2-8-22(9-6-15)19(25)17-5-1-3-16(11-17)13-21-10-7-20-14-21/h1,3,5,7,10-11,14-15H,2,4,6,8-9,12-13H2,(H,23,24)/t15-/m1/s1. The second kappa shape index (κ2) is 7.96. The Kier molecular flexibility index (Phi) is 5.48. The van der Waals surface area contributed by atoms with Gasteiger partial charge in [-0.3, -0.25) is 9.59 Å². The van der Waals surface area contributed by atoms with Crippen molar-refractivity contribution in [1.29, 1.82) is 0 Å². The Bertz CT molecular complexity index is 727. The number of aromatic nitrogens is 2. The van der Waals surface area contributed by atoms with Gasteiger partial charge in [-0.05, 0) is 42.9 Å². The van der Waals surface area contributed by atoms with Crippen molar-refractivity contribution >= 4 is 11.9 Å². The topological polar surface area (TPSA) is 75.4 Å². The quantitative estimate of drug-likeness (QED) is 0.907. The van der Waals surface area contributed by atoms with Gasteiger partial charge >= 0.3 is 5.97 Å². The van der Waals surface area contributed by atoms with Crippen molar-refractivity contribution in [3.8, 4) is 0 Å². The molecule has 1 aliphatic heterocycles. The number of carbonyl (C=O) groups is 2. The summed E-state index contributed by atoms with van der Waals surface area (Å²) in [5.41, 5.74) is 1.75. The van der Waals surface area contributed by atoms with Crippen LogP contribution < -0.4 is 0 Å². The zero-order valence-electron chi connectivity index (χ0n) is 14.2. The number of carboxylic acids is 1. The molecule has 1 N–H and O–H groups in total. The van der Waals surface area contributed by atoms with E-state index in [4.69, 9.17) is 5.11 Å². The number of hydrogen-bond donors (Lipinski definition) is 1. The number of nitrogens with zero attached hydrogens (tertiary/aromatic N) is 3. The molecule has 0 radical (unpaired) electrons. The summed E-state index contributed by atoms with van der Waals surface area (Å²) in [4.78, 5) is 29.6. The maximum absolute atomic E-state index is 12.8. The van der Waals surface area contributed by atoms with Crippen LogP contribution in [-0.2, 0) is 11.3 Å². The highest BCUT2D eigenvalue weighted by atomic mass is 16.4. The molecule has 2 heterocycles. The molecule has 3 rings (SSSR count). The van der Waals surface area contributed by atoms with Gasteiger partial charge < -0.3 is 14.6 Å². The molecule has 0 aliphatic carbocycles. The van der Waals surface area contributed by atoms with Crippen LogP contribution in [-0.4, -0.2) is 44.5 Å². The summed E-state index contributed by atoms with van der Waals surface area (Å²) in [6.07, 6.45) is 8.07. The first-order chi connectivity index (χ1) is 12.1. The van der Waals surface area contributed by atoms with Gasteiger partial charge in [0.05, 0.1) is 6.33 Å². The molecule has 1 atom stereocenters. The molecule has 25 heavy (non-hydrogen) atoms. The molecule has 0 spiro atoms. The Morgan fingerprint density at radius 3 is 2.88 bits per heavy atom. The largest absolute Gasteiger partial charge is 0.481 e.